The SMILES string of the molecule is COc1c(CN)cnn1CC(C)(C)C. The molecule has 0 saturated heterocycles. The lowest BCUT2D eigenvalue weighted by Gasteiger charge is -2.19. The molecule has 2 N–H and O–H groups in total. The van der Waals surface area contributed by atoms with E-state index in [1.54, 1.807) is 13.3 Å². The number of aromatic nitrogens is 2. The number of nitrogens with zero attached hydrogens (tertiary/aromatic N) is 2. The molecule has 0 atom stereocenters. The van der Waals surface area contributed by atoms with Crippen LogP contribution in [-0.4, -0.2) is 16.9 Å². The number of hydrogen-bond acceptors (Lipinski definition) is 3. The molecule has 0 aliphatic carbocycles. The van der Waals surface area contributed by atoms with Crippen LogP contribution in [0.5, 0.6) is 5.88 Å². The summed E-state index contributed by atoms with van der Waals surface area (Å²) in [7, 11) is 1.65. The summed E-state index contributed by atoms with van der Waals surface area (Å²) in [5, 5.41) is 4.25. The Morgan fingerprint density at radius 2 is 2.14 bits per heavy atom. The normalized spacial score (nSPS) is 11.8. The van der Waals surface area contributed by atoms with Crippen LogP contribution in [0.25, 0.3) is 0 Å². The van der Waals surface area contributed by atoms with Crippen LogP contribution in [0.2, 0.25) is 0 Å². The summed E-state index contributed by atoms with van der Waals surface area (Å²) in [6.45, 7) is 7.78. The molecule has 0 spiro atoms. The summed E-state index contributed by atoms with van der Waals surface area (Å²) in [6.07, 6.45) is 1.77. The smallest absolute Gasteiger partial charge is 0.216 e. The highest BCUT2D eigenvalue weighted by atomic mass is 16.5. The summed E-state index contributed by atoms with van der Waals surface area (Å²) in [5.74, 6) is 0.780. The average Bonchev–Trinajstić information content (AvgIpc) is 2.43. The molecule has 1 aromatic rings. The van der Waals surface area contributed by atoms with Gasteiger partial charge in [0.25, 0.3) is 0 Å². The number of rotatable bonds is 3. The van der Waals surface area contributed by atoms with Gasteiger partial charge < -0.3 is 10.5 Å². The Morgan fingerprint density at radius 3 is 2.57 bits per heavy atom. The second kappa shape index (κ2) is 4.00. The Labute approximate surface area is 85.0 Å². The Hall–Kier alpha value is -1.03. The standard InChI is InChI=1S/C10H19N3O/c1-10(2,3)7-13-9(14-4)8(5-11)6-12-13/h6H,5,7,11H2,1-4H3. The molecule has 4 nitrogen and oxygen atoms in total. The fourth-order valence-corrected chi connectivity index (χ4v) is 1.35. The predicted molar refractivity (Wildman–Crippen MR) is 56.1 cm³/mol. The van der Waals surface area contributed by atoms with Gasteiger partial charge in [0.15, 0.2) is 0 Å². The van der Waals surface area contributed by atoms with Crippen molar-refractivity contribution in [2.75, 3.05) is 7.11 Å². The molecular weight excluding hydrogens is 178 g/mol. The van der Waals surface area contributed by atoms with E-state index in [9.17, 15) is 0 Å². The first kappa shape index (κ1) is 11.0. The lowest BCUT2D eigenvalue weighted by molar-refractivity contribution is 0.283. The highest BCUT2D eigenvalue weighted by Gasteiger charge is 2.16. The zero-order valence-electron chi connectivity index (χ0n) is 9.37. The van der Waals surface area contributed by atoms with Gasteiger partial charge in [0.2, 0.25) is 5.88 Å². The summed E-state index contributed by atoms with van der Waals surface area (Å²) < 4.78 is 7.14. The van der Waals surface area contributed by atoms with Gasteiger partial charge >= 0.3 is 0 Å². The van der Waals surface area contributed by atoms with Gasteiger partial charge in [0.05, 0.1) is 13.3 Å². The van der Waals surface area contributed by atoms with Gasteiger partial charge in [-0.05, 0) is 5.41 Å². The van der Waals surface area contributed by atoms with E-state index >= 15 is 0 Å². The zero-order valence-corrected chi connectivity index (χ0v) is 9.37. The minimum absolute atomic E-state index is 0.186. The molecule has 4 heteroatoms. The molecule has 0 radical (unpaired) electrons. The van der Waals surface area contributed by atoms with Crippen LogP contribution in [0.4, 0.5) is 0 Å². The van der Waals surface area contributed by atoms with E-state index in [0.717, 1.165) is 18.0 Å². The molecule has 0 aromatic carbocycles. The van der Waals surface area contributed by atoms with E-state index < -0.39 is 0 Å². The molecular formula is C10H19N3O. The number of nitrogens with two attached hydrogens (primary N) is 1. The molecule has 14 heavy (non-hydrogen) atoms. The average molecular weight is 197 g/mol. The minimum Gasteiger partial charge on any atom is -0.481 e. The number of ether oxygens (including phenoxy) is 1. The maximum Gasteiger partial charge on any atom is 0.216 e. The van der Waals surface area contributed by atoms with Gasteiger partial charge in [-0.25, -0.2) is 4.68 Å². The van der Waals surface area contributed by atoms with Crippen LogP contribution in [0.1, 0.15) is 26.3 Å². The van der Waals surface area contributed by atoms with Crippen LogP contribution in [0.3, 0.4) is 0 Å². The number of hydrogen-bond donors (Lipinski definition) is 1. The fourth-order valence-electron chi connectivity index (χ4n) is 1.35. The third-order valence-corrected chi connectivity index (χ3v) is 1.90. The van der Waals surface area contributed by atoms with E-state index in [-0.39, 0.29) is 5.41 Å². The second-order valence-electron chi connectivity index (χ2n) is 4.60. The van der Waals surface area contributed by atoms with Crippen molar-refractivity contribution in [3.63, 3.8) is 0 Å². The van der Waals surface area contributed by atoms with Gasteiger partial charge in [0.1, 0.15) is 0 Å². The van der Waals surface area contributed by atoms with E-state index in [2.05, 4.69) is 25.9 Å². The minimum atomic E-state index is 0.186. The third-order valence-electron chi connectivity index (χ3n) is 1.90. The van der Waals surface area contributed by atoms with Crippen molar-refractivity contribution in [3.8, 4) is 5.88 Å². The van der Waals surface area contributed by atoms with Gasteiger partial charge in [-0.1, -0.05) is 20.8 Å². The van der Waals surface area contributed by atoms with Crippen molar-refractivity contribution >= 4 is 0 Å². The first-order valence-electron chi connectivity index (χ1n) is 4.76. The number of methoxy groups -OCH3 is 1. The molecule has 0 aliphatic heterocycles. The zero-order chi connectivity index (χ0) is 10.8. The molecule has 1 rings (SSSR count). The van der Waals surface area contributed by atoms with Crippen molar-refractivity contribution in [3.05, 3.63) is 11.8 Å². The summed E-state index contributed by atoms with van der Waals surface area (Å²) in [4.78, 5) is 0. The first-order valence-corrected chi connectivity index (χ1v) is 4.76. The molecule has 0 unspecified atom stereocenters. The van der Waals surface area contributed by atoms with Gasteiger partial charge in [-0.3, -0.25) is 0 Å². The third kappa shape index (κ3) is 2.48. The van der Waals surface area contributed by atoms with Crippen LogP contribution in [0.15, 0.2) is 6.20 Å². The maximum absolute atomic E-state index is 5.57. The van der Waals surface area contributed by atoms with Gasteiger partial charge in [0, 0.05) is 18.7 Å². The summed E-state index contributed by atoms with van der Waals surface area (Å²) >= 11 is 0. The van der Waals surface area contributed by atoms with Crippen LogP contribution in [-0.2, 0) is 13.1 Å². The predicted octanol–water partition coefficient (Wildman–Crippen LogP) is 1.40. The molecule has 1 heterocycles. The molecule has 1 aromatic heterocycles. The summed E-state index contributed by atoms with van der Waals surface area (Å²) in [6, 6.07) is 0. The van der Waals surface area contributed by atoms with E-state index in [4.69, 9.17) is 10.5 Å². The van der Waals surface area contributed by atoms with Crippen molar-refractivity contribution in [2.24, 2.45) is 11.1 Å². The molecule has 0 saturated carbocycles. The molecule has 0 fully saturated rings. The highest BCUT2D eigenvalue weighted by Crippen LogP contribution is 2.23. The molecule has 0 aliphatic rings. The van der Waals surface area contributed by atoms with Crippen molar-refractivity contribution in [1.82, 2.24) is 9.78 Å². The largest absolute Gasteiger partial charge is 0.481 e. The van der Waals surface area contributed by atoms with Crippen LogP contribution < -0.4 is 10.5 Å². The van der Waals surface area contributed by atoms with Crippen molar-refractivity contribution < 1.29 is 4.74 Å². The van der Waals surface area contributed by atoms with Gasteiger partial charge in [-0.2, -0.15) is 5.10 Å². The molecule has 80 valence electrons. The Bertz CT molecular complexity index is 299. The van der Waals surface area contributed by atoms with Crippen molar-refractivity contribution in [2.45, 2.75) is 33.9 Å². The van der Waals surface area contributed by atoms with Gasteiger partial charge in [-0.15, -0.1) is 0 Å². The molecule has 0 bridgehead atoms. The van der Waals surface area contributed by atoms with E-state index in [1.807, 2.05) is 4.68 Å². The lowest BCUT2D eigenvalue weighted by Crippen LogP contribution is -2.17. The van der Waals surface area contributed by atoms with Crippen LogP contribution >= 0.6 is 0 Å². The topological polar surface area (TPSA) is 53.1 Å². The molecule has 0 amide bonds. The quantitative estimate of drug-likeness (QED) is 0.796. The second-order valence-corrected chi connectivity index (χ2v) is 4.60. The van der Waals surface area contributed by atoms with Crippen LogP contribution in [0, 0.1) is 5.41 Å². The maximum atomic E-state index is 5.57. The Balaban J connectivity index is 2.92. The van der Waals surface area contributed by atoms with E-state index in [1.165, 1.54) is 0 Å². The summed E-state index contributed by atoms with van der Waals surface area (Å²) in [5.41, 5.74) is 6.71. The monoisotopic (exact) mass is 197 g/mol. The highest BCUT2D eigenvalue weighted by molar-refractivity contribution is 5.23. The fraction of sp³-hybridized carbons (Fsp3) is 0.700. The van der Waals surface area contributed by atoms with Crippen molar-refractivity contribution in [1.29, 1.82) is 0 Å². The lowest BCUT2D eigenvalue weighted by atomic mass is 9.97. The Morgan fingerprint density at radius 1 is 1.50 bits per heavy atom. The van der Waals surface area contributed by atoms with E-state index in [0.29, 0.717) is 6.54 Å². The Kier molecular flexibility index (Phi) is 3.16. The first-order chi connectivity index (χ1) is 6.48.